The Bertz CT molecular complexity index is 1470. The van der Waals surface area contributed by atoms with Gasteiger partial charge in [0.2, 0.25) is 0 Å². The number of nitrogens with zero attached hydrogens (tertiary/aromatic N) is 4. The minimum atomic E-state index is -4.56. The maximum absolute atomic E-state index is 13.6. The van der Waals surface area contributed by atoms with Gasteiger partial charge in [-0.25, -0.2) is 9.97 Å². The molecule has 1 saturated heterocycles. The monoisotopic (exact) mass is 507 g/mol. The normalized spacial score (nSPS) is 16.1. The summed E-state index contributed by atoms with van der Waals surface area (Å²) in [6, 6.07) is 10.9. The van der Waals surface area contributed by atoms with Gasteiger partial charge in [0, 0.05) is 49.0 Å². The maximum atomic E-state index is 13.6. The fourth-order valence-electron chi connectivity index (χ4n) is 4.57. The summed E-state index contributed by atoms with van der Waals surface area (Å²) >= 11 is 0. The standard InChI is InChI=1S/C27H24F3N5O2/c1-16-12-31-7-8-35(16)26(36)20-9-19(13-32-14-20)25-21-10-17(3-5-23(21)33-15-34-25)18-4-6-24(37-2)22(11-18)27(28,29)30/h3-6,9-11,13-16,31H,7-8,12H2,1-2H3. The number of hydrogen-bond donors (Lipinski definition) is 1. The Hall–Kier alpha value is -4.05. The van der Waals surface area contributed by atoms with E-state index in [2.05, 4.69) is 20.3 Å². The average molecular weight is 508 g/mol. The smallest absolute Gasteiger partial charge is 0.419 e. The van der Waals surface area contributed by atoms with Crippen molar-refractivity contribution in [3.8, 4) is 28.1 Å². The summed E-state index contributed by atoms with van der Waals surface area (Å²) in [5.41, 5.74) is 2.29. The molecule has 2 aromatic heterocycles. The number of aromatic nitrogens is 3. The molecule has 37 heavy (non-hydrogen) atoms. The molecule has 0 bridgehead atoms. The molecule has 0 radical (unpaired) electrons. The Morgan fingerprint density at radius 2 is 1.84 bits per heavy atom. The summed E-state index contributed by atoms with van der Waals surface area (Å²) in [7, 11) is 1.21. The van der Waals surface area contributed by atoms with Gasteiger partial charge in [-0.1, -0.05) is 12.1 Å². The number of ether oxygens (including phenoxy) is 1. The molecular weight excluding hydrogens is 483 g/mol. The number of carbonyl (C=O) groups is 1. The summed E-state index contributed by atoms with van der Waals surface area (Å²) in [5, 5.41) is 3.90. The van der Waals surface area contributed by atoms with Crippen molar-refractivity contribution in [3.05, 3.63) is 72.3 Å². The first kappa shape index (κ1) is 24.6. The Kier molecular flexibility index (Phi) is 6.51. The van der Waals surface area contributed by atoms with E-state index in [1.165, 1.54) is 25.7 Å². The highest BCUT2D eigenvalue weighted by Crippen LogP contribution is 2.39. The lowest BCUT2D eigenvalue weighted by molar-refractivity contribution is -0.138. The molecule has 0 spiro atoms. The van der Waals surface area contributed by atoms with Crippen molar-refractivity contribution >= 4 is 16.8 Å². The topological polar surface area (TPSA) is 80.2 Å². The maximum Gasteiger partial charge on any atom is 0.419 e. The lowest BCUT2D eigenvalue weighted by atomic mass is 9.98. The molecular formula is C27H24F3N5O2. The second-order valence-corrected chi connectivity index (χ2v) is 8.88. The SMILES string of the molecule is COc1ccc(-c2ccc3ncnc(-c4cncc(C(=O)N5CCNCC5C)c4)c3c2)cc1C(F)(F)F. The number of piperazine rings is 1. The Morgan fingerprint density at radius 3 is 2.59 bits per heavy atom. The van der Waals surface area contributed by atoms with Crippen molar-refractivity contribution < 1.29 is 22.7 Å². The van der Waals surface area contributed by atoms with Crippen molar-refractivity contribution in [2.75, 3.05) is 26.7 Å². The molecule has 1 fully saturated rings. The van der Waals surface area contributed by atoms with E-state index in [4.69, 9.17) is 4.74 Å². The number of rotatable bonds is 4. The van der Waals surface area contributed by atoms with Crippen LogP contribution in [0.2, 0.25) is 0 Å². The molecule has 2 aromatic carbocycles. The van der Waals surface area contributed by atoms with E-state index < -0.39 is 11.7 Å². The lowest BCUT2D eigenvalue weighted by Gasteiger charge is -2.34. The second-order valence-electron chi connectivity index (χ2n) is 8.88. The van der Waals surface area contributed by atoms with Crippen LogP contribution in [0.3, 0.4) is 0 Å². The van der Waals surface area contributed by atoms with Crippen molar-refractivity contribution in [2.24, 2.45) is 0 Å². The zero-order valence-electron chi connectivity index (χ0n) is 20.2. The van der Waals surface area contributed by atoms with Crippen LogP contribution in [0.1, 0.15) is 22.8 Å². The van der Waals surface area contributed by atoms with Gasteiger partial charge in [-0.05, 0) is 48.4 Å². The van der Waals surface area contributed by atoms with E-state index in [0.717, 1.165) is 19.2 Å². The number of nitrogens with one attached hydrogen (secondary N) is 1. The predicted octanol–water partition coefficient (Wildman–Crippen LogP) is 4.82. The summed E-state index contributed by atoms with van der Waals surface area (Å²) in [6.07, 6.45) is -0.000634. The minimum Gasteiger partial charge on any atom is -0.496 e. The second kappa shape index (κ2) is 9.78. The Morgan fingerprint density at radius 1 is 1.05 bits per heavy atom. The van der Waals surface area contributed by atoms with Crippen molar-refractivity contribution in [2.45, 2.75) is 19.1 Å². The Balaban J connectivity index is 1.57. The quantitative estimate of drug-likeness (QED) is 0.427. The summed E-state index contributed by atoms with van der Waals surface area (Å²) in [5.74, 6) is -0.354. The van der Waals surface area contributed by atoms with Gasteiger partial charge in [0.15, 0.2) is 0 Å². The zero-order chi connectivity index (χ0) is 26.2. The lowest BCUT2D eigenvalue weighted by Crippen LogP contribution is -2.52. The zero-order valence-corrected chi connectivity index (χ0v) is 20.2. The van der Waals surface area contributed by atoms with Crippen LogP contribution in [0.25, 0.3) is 33.3 Å². The van der Waals surface area contributed by atoms with Crippen LogP contribution in [0.4, 0.5) is 13.2 Å². The first-order valence-corrected chi connectivity index (χ1v) is 11.7. The highest BCUT2D eigenvalue weighted by atomic mass is 19.4. The van der Waals surface area contributed by atoms with E-state index in [1.54, 1.807) is 36.5 Å². The summed E-state index contributed by atoms with van der Waals surface area (Å²) in [4.78, 5) is 28.0. The molecule has 190 valence electrons. The largest absolute Gasteiger partial charge is 0.496 e. The molecule has 1 unspecified atom stereocenters. The summed E-state index contributed by atoms with van der Waals surface area (Å²) in [6.45, 7) is 4.04. The van der Waals surface area contributed by atoms with E-state index in [0.29, 0.717) is 45.4 Å². The van der Waals surface area contributed by atoms with Crippen LogP contribution < -0.4 is 10.1 Å². The van der Waals surface area contributed by atoms with Gasteiger partial charge in [0.1, 0.15) is 12.1 Å². The molecule has 1 aliphatic heterocycles. The fourth-order valence-corrected chi connectivity index (χ4v) is 4.57. The van der Waals surface area contributed by atoms with E-state index in [-0.39, 0.29) is 17.7 Å². The molecule has 1 aliphatic rings. The number of halogens is 3. The molecule has 3 heterocycles. The van der Waals surface area contributed by atoms with E-state index in [1.807, 2.05) is 11.8 Å². The first-order valence-electron chi connectivity index (χ1n) is 11.7. The Labute approximate surface area is 211 Å². The summed E-state index contributed by atoms with van der Waals surface area (Å²) < 4.78 is 45.7. The van der Waals surface area contributed by atoms with Crippen LogP contribution in [0.5, 0.6) is 5.75 Å². The third-order valence-corrected chi connectivity index (χ3v) is 6.49. The number of benzene rings is 2. The number of fused-ring (bicyclic) bond motifs is 1. The van der Waals surface area contributed by atoms with Crippen LogP contribution in [0.15, 0.2) is 61.2 Å². The van der Waals surface area contributed by atoms with Gasteiger partial charge < -0.3 is 15.0 Å². The number of amides is 1. The average Bonchev–Trinajstić information content (AvgIpc) is 2.91. The van der Waals surface area contributed by atoms with Gasteiger partial charge >= 0.3 is 6.18 Å². The molecule has 4 aromatic rings. The van der Waals surface area contributed by atoms with Crippen LogP contribution in [-0.2, 0) is 6.18 Å². The molecule has 7 nitrogen and oxygen atoms in total. The molecule has 0 saturated carbocycles. The highest BCUT2D eigenvalue weighted by molar-refractivity contribution is 5.98. The van der Waals surface area contributed by atoms with Gasteiger partial charge in [0.05, 0.1) is 29.4 Å². The van der Waals surface area contributed by atoms with Crippen molar-refractivity contribution in [1.29, 1.82) is 0 Å². The predicted molar refractivity (Wildman–Crippen MR) is 133 cm³/mol. The minimum absolute atomic E-state index is 0.0541. The number of hydrogen-bond acceptors (Lipinski definition) is 6. The molecule has 1 amide bonds. The van der Waals surface area contributed by atoms with Gasteiger partial charge in [-0.3, -0.25) is 9.78 Å². The molecule has 10 heteroatoms. The van der Waals surface area contributed by atoms with Crippen molar-refractivity contribution in [1.82, 2.24) is 25.2 Å². The number of methoxy groups -OCH3 is 1. The van der Waals surface area contributed by atoms with Gasteiger partial charge in [-0.2, -0.15) is 13.2 Å². The first-order chi connectivity index (χ1) is 17.8. The van der Waals surface area contributed by atoms with Crippen LogP contribution in [-0.4, -0.2) is 58.5 Å². The van der Waals surface area contributed by atoms with Crippen molar-refractivity contribution in [3.63, 3.8) is 0 Å². The van der Waals surface area contributed by atoms with Gasteiger partial charge in [-0.15, -0.1) is 0 Å². The van der Waals surface area contributed by atoms with E-state index in [9.17, 15) is 18.0 Å². The van der Waals surface area contributed by atoms with E-state index >= 15 is 0 Å². The number of carbonyl (C=O) groups excluding carboxylic acids is 1. The van der Waals surface area contributed by atoms with Gasteiger partial charge in [0.25, 0.3) is 5.91 Å². The molecule has 1 N–H and O–H groups in total. The van der Waals surface area contributed by atoms with Crippen LogP contribution >= 0.6 is 0 Å². The molecule has 0 aliphatic carbocycles. The molecule has 5 rings (SSSR count). The third kappa shape index (κ3) is 4.84. The fraction of sp³-hybridized carbons (Fsp3) is 0.259. The number of pyridine rings is 1. The third-order valence-electron chi connectivity index (χ3n) is 6.49. The number of alkyl halides is 3. The highest BCUT2D eigenvalue weighted by Gasteiger charge is 2.34. The van der Waals surface area contributed by atoms with Crippen LogP contribution in [0, 0.1) is 0 Å². The molecule has 1 atom stereocenters.